The Morgan fingerprint density at radius 2 is 1.44 bits per heavy atom. The molecule has 3 aliphatic carbocycles. The van der Waals surface area contributed by atoms with E-state index in [2.05, 4.69) is 13.8 Å². The summed E-state index contributed by atoms with van der Waals surface area (Å²) in [5.41, 5.74) is 0.916. The Morgan fingerprint density at radius 3 is 1.50 bits per heavy atom. The van der Waals surface area contributed by atoms with Gasteiger partial charge in [0, 0.05) is 0 Å². The highest BCUT2D eigenvalue weighted by Gasteiger charge is 2.45. The molecule has 1 spiro atoms. The lowest BCUT2D eigenvalue weighted by atomic mass is 9.52. The van der Waals surface area contributed by atoms with E-state index in [1.54, 1.807) is 25.7 Å². The predicted octanol–water partition coefficient (Wildman–Crippen LogP) is 5.37. The smallest absolute Gasteiger partial charge is 0.101 e. The maximum atomic E-state index is 11.8. The van der Waals surface area contributed by atoms with Crippen LogP contribution in [0.2, 0.25) is 0 Å². The third-order valence-corrected chi connectivity index (χ3v) is 4.29. The summed E-state index contributed by atoms with van der Waals surface area (Å²) in [6.07, 6.45) is 8.88. The van der Waals surface area contributed by atoms with Crippen LogP contribution in [0.25, 0.3) is 0 Å². The van der Waals surface area contributed by atoms with Gasteiger partial charge in [-0.1, -0.05) is 34.1 Å². The molecule has 0 aromatic rings. The molecule has 3 fully saturated rings. The van der Waals surface area contributed by atoms with Crippen LogP contribution in [0.3, 0.4) is 0 Å². The van der Waals surface area contributed by atoms with E-state index in [9.17, 15) is 4.39 Å². The number of hydrogen-bond acceptors (Lipinski definition) is 0. The zero-order valence-corrected chi connectivity index (χ0v) is 11.6. The van der Waals surface area contributed by atoms with Crippen LogP contribution in [0.15, 0.2) is 0 Å². The first kappa shape index (κ1) is 14.0. The zero-order valence-electron chi connectivity index (χ0n) is 11.6. The van der Waals surface area contributed by atoms with Gasteiger partial charge in [-0.25, -0.2) is 4.39 Å². The summed E-state index contributed by atoms with van der Waals surface area (Å²) in [6, 6.07) is 0. The lowest BCUT2D eigenvalue weighted by Gasteiger charge is -2.53. The maximum Gasteiger partial charge on any atom is 0.101 e. The largest absolute Gasteiger partial charge is 0.247 e. The Morgan fingerprint density at radius 1 is 0.938 bits per heavy atom. The molecule has 0 atom stereocenters. The second kappa shape index (κ2) is 6.02. The van der Waals surface area contributed by atoms with E-state index in [1.165, 1.54) is 6.42 Å². The molecule has 0 aliphatic heterocycles. The van der Waals surface area contributed by atoms with Crippen LogP contribution in [-0.2, 0) is 0 Å². The number of hydrogen-bond donors (Lipinski definition) is 0. The van der Waals surface area contributed by atoms with E-state index < -0.39 is 6.17 Å². The molecular formula is C15H29F. The summed E-state index contributed by atoms with van der Waals surface area (Å²) in [5, 5.41) is 0. The second-order valence-corrected chi connectivity index (χ2v) is 6.04. The Kier molecular flexibility index (Phi) is 5.27. The van der Waals surface area contributed by atoms with Crippen molar-refractivity contribution in [2.75, 3.05) is 0 Å². The van der Waals surface area contributed by atoms with Crippen molar-refractivity contribution < 1.29 is 4.39 Å². The molecule has 96 valence electrons. The second-order valence-electron chi connectivity index (χ2n) is 6.04. The molecule has 0 aromatic heterocycles. The van der Waals surface area contributed by atoms with E-state index in [0.717, 1.165) is 24.2 Å². The van der Waals surface area contributed by atoms with Gasteiger partial charge in [-0.15, -0.1) is 0 Å². The molecule has 1 heteroatoms. The van der Waals surface area contributed by atoms with E-state index in [1.807, 2.05) is 13.8 Å². The van der Waals surface area contributed by atoms with Gasteiger partial charge in [-0.2, -0.15) is 0 Å². The Balaban J connectivity index is 0.000000144. The van der Waals surface area contributed by atoms with Gasteiger partial charge in [0.15, 0.2) is 0 Å². The summed E-state index contributed by atoms with van der Waals surface area (Å²) in [7, 11) is 0. The van der Waals surface area contributed by atoms with Crippen LogP contribution >= 0.6 is 0 Å². The quantitative estimate of drug-likeness (QED) is 0.523. The van der Waals surface area contributed by atoms with Crippen molar-refractivity contribution in [3.63, 3.8) is 0 Å². The summed E-state index contributed by atoms with van der Waals surface area (Å²) < 4.78 is 11.8. The van der Waals surface area contributed by atoms with Crippen molar-refractivity contribution in [2.45, 2.75) is 78.8 Å². The topological polar surface area (TPSA) is 0 Å². The van der Waals surface area contributed by atoms with Gasteiger partial charge in [0.2, 0.25) is 0 Å². The molecule has 0 nitrogen and oxygen atoms in total. The van der Waals surface area contributed by atoms with Crippen molar-refractivity contribution in [3.8, 4) is 0 Å². The van der Waals surface area contributed by atoms with Crippen molar-refractivity contribution in [3.05, 3.63) is 0 Å². The number of halogens is 1. The molecule has 0 unspecified atom stereocenters. The standard InChI is InChI=1S/C8H14.C5H9F.C2H6/c1-7-5-8(6-7)3-2-4-8;1-4-2-5(6)3-4;1-2/h7H,2-6H2,1H3;4-5H,2-3H2,1H3;1-2H3. The Labute approximate surface area is 101 Å². The summed E-state index contributed by atoms with van der Waals surface area (Å²) in [4.78, 5) is 0. The third kappa shape index (κ3) is 3.46. The summed E-state index contributed by atoms with van der Waals surface area (Å²) in [5.74, 6) is 1.73. The van der Waals surface area contributed by atoms with Crippen LogP contribution in [0.1, 0.15) is 72.6 Å². The molecule has 3 rings (SSSR count). The normalized spacial score (nSPS) is 34.3. The van der Waals surface area contributed by atoms with Gasteiger partial charge in [0.05, 0.1) is 0 Å². The maximum absolute atomic E-state index is 11.8. The average Bonchev–Trinajstić information content (AvgIpc) is 2.12. The first-order chi connectivity index (χ1) is 7.60. The average molecular weight is 228 g/mol. The van der Waals surface area contributed by atoms with Gasteiger partial charge < -0.3 is 0 Å². The monoisotopic (exact) mass is 228 g/mol. The minimum atomic E-state index is -0.458. The molecule has 3 saturated carbocycles. The molecular weight excluding hydrogens is 199 g/mol. The fourth-order valence-corrected chi connectivity index (χ4v) is 3.31. The fraction of sp³-hybridized carbons (Fsp3) is 1.00. The lowest BCUT2D eigenvalue weighted by Crippen LogP contribution is -2.41. The highest BCUT2D eigenvalue weighted by molar-refractivity contribution is 4.97. The van der Waals surface area contributed by atoms with E-state index in [0.29, 0.717) is 5.92 Å². The Hall–Kier alpha value is -0.0700. The van der Waals surface area contributed by atoms with Crippen LogP contribution < -0.4 is 0 Å². The van der Waals surface area contributed by atoms with Crippen molar-refractivity contribution in [1.82, 2.24) is 0 Å². The van der Waals surface area contributed by atoms with Crippen LogP contribution in [0.5, 0.6) is 0 Å². The van der Waals surface area contributed by atoms with E-state index in [-0.39, 0.29) is 0 Å². The van der Waals surface area contributed by atoms with E-state index in [4.69, 9.17) is 0 Å². The highest BCUT2D eigenvalue weighted by Crippen LogP contribution is 2.58. The molecule has 0 amide bonds. The van der Waals surface area contributed by atoms with Crippen molar-refractivity contribution in [1.29, 1.82) is 0 Å². The fourth-order valence-electron chi connectivity index (χ4n) is 3.31. The number of rotatable bonds is 0. The zero-order chi connectivity index (χ0) is 12.2. The van der Waals surface area contributed by atoms with Gasteiger partial charge in [-0.3, -0.25) is 0 Å². The van der Waals surface area contributed by atoms with Crippen molar-refractivity contribution in [2.24, 2.45) is 17.3 Å². The van der Waals surface area contributed by atoms with E-state index >= 15 is 0 Å². The number of alkyl halides is 1. The van der Waals surface area contributed by atoms with Gasteiger partial charge in [0.1, 0.15) is 6.17 Å². The summed E-state index contributed by atoms with van der Waals surface area (Å²) in [6.45, 7) is 8.46. The van der Waals surface area contributed by atoms with Gasteiger partial charge in [0.25, 0.3) is 0 Å². The van der Waals surface area contributed by atoms with Gasteiger partial charge in [-0.05, 0) is 55.8 Å². The molecule has 0 aromatic carbocycles. The first-order valence-corrected chi connectivity index (χ1v) is 7.24. The lowest BCUT2D eigenvalue weighted by molar-refractivity contribution is -0.0161. The van der Waals surface area contributed by atoms with Crippen LogP contribution in [0, 0.1) is 17.3 Å². The molecule has 0 saturated heterocycles. The SMILES string of the molecule is CC.CC1CC(F)C1.CC1CC2(CCC2)C1. The third-order valence-electron chi connectivity index (χ3n) is 4.29. The molecule has 0 bridgehead atoms. The summed E-state index contributed by atoms with van der Waals surface area (Å²) >= 11 is 0. The van der Waals surface area contributed by atoms with Crippen LogP contribution in [0.4, 0.5) is 4.39 Å². The molecule has 0 radical (unpaired) electrons. The van der Waals surface area contributed by atoms with Crippen LogP contribution in [-0.4, -0.2) is 6.17 Å². The first-order valence-electron chi connectivity index (χ1n) is 7.24. The Bertz CT molecular complexity index is 176. The van der Waals surface area contributed by atoms with Crippen molar-refractivity contribution >= 4 is 0 Å². The predicted molar refractivity (Wildman–Crippen MR) is 69.3 cm³/mol. The minimum Gasteiger partial charge on any atom is -0.247 e. The molecule has 3 aliphatic rings. The molecule has 16 heavy (non-hydrogen) atoms. The molecule has 0 N–H and O–H groups in total. The van der Waals surface area contributed by atoms with Gasteiger partial charge >= 0.3 is 0 Å². The highest BCUT2D eigenvalue weighted by atomic mass is 19.1. The molecule has 0 heterocycles. The minimum absolute atomic E-state index is 0.458.